The molecule has 2 heterocycles. The number of nitrogens with one attached hydrogen (secondary N) is 1. The number of esters is 1. The van der Waals surface area contributed by atoms with Crippen molar-refractivity contribution in [2.75, 3.05) is 24.2 Å². The Labute approximate surface area is 230 Å². The summed E-state index contributed by atoms with van der Waals surface area (Å²) in [6.07, 6.45) is 2.49. The SMILES string of the molecule is CCOC(=O)C1=C(c2ccccc2)N=C2SCCCN2C1c1ccc(NC(=O)CC(C)CC(C)(C)C)cc1. The average Bonchev–Trinajstić information content (AvgIpc) is 2.87. The van der Waals surface area contributed by atoms with E-state index in [1.54, 1.807) is 11.8 Å². The van der Waals surface area contributed by atoms with E-state index in [-0.39, 0.29) is 23.3 Å². The largest absolute Gasteiger partial charge is 0.463 e. The molecule has 2 aromatic carbocycles. The van der Waals surface area contributed by atoms with Crippen molar-refractivity contribution in [3.8, 4) is 0 Å². The predicted octanol–water partition coefficient (Wildman–Crippen LogP) is 6.91. The second kappa shape index (κ2) is 12.2. The van der Waals surface area contributed by atoms with Gasteiger partial charge in [0.2, 0.25) is 5.91 Å². The highest BCUT2D eigenvalue weighted by atomic mass is 32.2. The molecule has 2 aliphatic heterocycles. The Bertz CT molecular complexity index is 1200. The third kappa shape index (κ3) is 6.87. The number of anilines is 1. The zero-order chi connectivity index (χ0) is 27.3. The molecule has 4 rings (SSSR count). The molecule has 0 saturated carbocycles. The molecule has 6 nitrogen and oxygen atoms in total. The summed E-state index contributed by atoms with van der Waals surface area (Å²) >= 11 is 1.72. The number of rotatable bonds is 8. The van der Waals surface area contributed by atoms with Crippen LogP contribution in [0.2, 0.25) is 0 Å². The van der Waals surface area contributed by atoms with Gasteiger partial charge in [0.25, 0.3) is 0 Å². The molecule has 0 spiro atoms. The normalized spacial score (nSPS) is 18.4. The van der Waals surface area contributed by atoms with Crippen LogP contribution in [0.4, 0.5) is 5.69 Å². The van der Waals surface area contributed by atoms with Gasteiger partial charge in [0.1, 0.15) is 0 Å². The number of carbonyl (C=O) groups is 2. The molecule has 1 N–H and O–H groups in total. The van der Waals surface area contributed by atoms with Gasteiger partial charge >= 0.3 is 5.97 Å². The third-order valence-corrected chi connectivity index (χ3v) is 7.69. The Morgan fingerprint density at radius 1 is 1.13 bits per heavy atom. The molecular weight excluding hydrogens is 494 g/mol. The third-order valence-electron chi connectivity index (χ3n) is 6.62. The fourth-order valence-electron chi connectivity index (χ4n) is 5.33. The van der Waals surface area contributed by atoms with Crippen LogP contribution in [-0.2, 0) is 14.3 Å². The highest BCUT2D eigenvalue weighted by Crippen LogP contribution is 2.43. The molecule has 1 saturated heterocycles. The van der Waals surface area contributed by atoms with E-state index in [0.717, 1.165) is 47.1 Å². The van der Waals surface area contributed by atoms with E-state index in [9.17, 15) is 9.59 Å². The van der Waals surface area contributed by atoms with Gasteiger partial charge in [-0.1, -0.05) is 81.9 Å². The van der Waals surface area contributed by atoms with E-state index in [2.05, 4.69) is 37.9 Å². The lowest BCUT2D eigenvalue weighted by Gasteiger charge is -2.41. The van der Waals surface area contributed by atoms with Gasteiger partial charge in [-0.3, -0.25) is 4.79 Å². The number of fused-ring (bicyclic) bond motifs is 1. The Kier molecular flexibility index (Phi) is 8.98. The second-order valence-corrected chi connectivity index (χ2v) is 12.3. The van der Waals surface area contributed by atoms with E-state index < -0.39 is 0 Å². The number of hydrogen-bond donors (Lipinski definition) is 1. The zero-order valence-electron chi connectivity index (χ0n) is 23.1. The Balaban J connectivity index is 1.64. The van der Waals surface area contributed by atoms with Crippen molar-refractivity contribution in [1.29, 1.82) is 0 Å². The molecule has 0 aliphatic carbocycles. The van der Waals surface area contributed by atoms with Gasteiger partial charge in [-0.2, -0.15) is 0 Å². The molecule has 202 valence electrons. The van der Waals surface area contributed by atoms with Gasteiger partial charge in [0, 0.05) is 30.0 Å². The number of benzene rings is 2. The van der Waals surface area contributed by atoms with Gasteiger partial charge in [-0.25, -0.2) is 9.79 Å². The van der Waals surface area contributed by atoms with E-state index in [0.29, 0.717) is 30.2 Å². The molecule has 7 heteroatoms. The van der Waals surface area contributed by atoms with Crippen molar-refractivity contribution < 1.29 is 14.3 Å². The van der Waals surface area contributed by atoms with Crippen LogP contribution in [0.3, 0.4) is 0 Å². The predicted molar refractivity (Wildman–Crippen MR) is 157 cm³/mol. The highest BCUT2D eigenvalue weighted by molar-refractivity contribution is 8.13. The molecule has 0 bridgehead atoms. The lowest BCUT2D eigenvalue weighted by Crippen LogP contribution is -2.42. The lowest BCUT2D eigenvalue weighted by atomic mass is 9.84. The highest BCUT2D eigenvalue weighted by Gasteiger charge is 2.39. The molecule has 38 heavy (non-hydrogen) atoms. The minimum Gasteiger partial charge on any atom is -0.463 e. The molecular formula is C31H39N3O3S. The van der Waals surface area contributed by atoms with Crippen molar-refractivity contribution in [3.63, 3.8) is 0 Å². The minimum absolute atomic E-state index is 0.0208. The number of amidine groups is 1. The van der Waals surface area contributed by atoms with Crippen LogP contribution < -0.4 is 5.32 Å². The van der Waals surface area contributed by atoms with Gasteiger partial charge in [0.15, 0.2) is 5.17 Å². The Morgan fingerprint density at radius 2 is 1.84 bits per heavy atom. The summed E-state index contributed by atoms with van der Waals surface area (Å²) in [5.41, 5.74) is 4.03. The fraction of sp³-hybridized carbons (Fsp3) is 0.452. The summed E-state index contributed by atoms with van der Waals surface area (Å²) in [4.78, 5) is 33.3. The molecule has 1 fully saturated rings. The van der Waals surface area contributed by atoms with E-state index in [1.165, 1.54) is 0 Å². The Morgan fingerprint density at radius 3 is 2.50 bits per heavy atom. The van der Waals surface area contributed by atoms with Gasteiger partial charge in [-0.05, 0) is 48.8 Å². The number of hydrogen-bond acceptors (Lipinski definition) is 6. The maximum absolute atomic E-state index is 13.4. The maximum atomic E-state index is 13.4. The van der Waals surface area contributed by atoms with Gasteiger partial charge < -0.3 is 15.0 Å². The smallest absolute Gasteiger partial charge is 0.338 e. The number of carbonyl (C=O) groups excluding carboxylic acids is 2. The van der Waals surface area contributed by atoms with E-state index in [1.807, 2.05) is 61.5 Å². The number of ether oxygens (including phenoxy) is 1. The number of aliphatic imine (C=N–C) groups is 1. The van der Waals surface area contributed by atoms with Crippen molar-refractivity contribution in [2.45, 2.75) is 59.9 Å². The van der Waals surface area contributed by atoms with Crippen LogP contribution in [0.5, 0.6) is 0 Å². The first-order chi connectivity index (χ1) is 18.2. The standard InChI is InChI=1S/C31H39N3O3S/c1-6-37-29(36)26-27(22-11-8-7-9-12-22)33-30-34(17-10-18-38-30)28(26)23-13-15-24(16-14-23)32-25(35)19-21(2)20-31(3,4)5/h7-9,11-16,21,28H,6,10,17-20H2,1-5H3,(H,32,35). The monoisotopic (exact) mass is 533 g/mol. The van der Waals surface area contributed by atoms with Crippen molar-refractivity contribution in [2.24, 2.45) is 16.3 Å². The van der Waals surface area contributed by atoms with Crippen LogP contribution in [0, 0.1) is 11.3 Å². The van der Waals surface area contributed by atoms with Crippen LogP contribution in [-0.4, -0.2) is 40.8 Å². The quantitative estimate of drug-likeness (QED) is 0.373. The van der Waals surface area contributed by atoms with Crippen molar-refractivity contribution >= 4 is 40.2 Å². The lowest BCUT2D eigenvalue weighted by molar-refractivity contribution is -0.139. The minimum atomic E-state index is -0.347. The summed E-state index contributed by atoms with van der Waals surface area (Å²) in [7, 11) is 0. The average molecular weight is 534 g/mol. The topological polar surface area (TPSA) is 71.0 Å². The summed E-state index contributed by atoms with van der Waals surface area (Å²) in [6, 6.07) is 17.4. The Hall–Kier alpha value is -3.06. The van der Waals surface area contributed by atoms with E-state index >= 15 is 0 Å². The second-order valence-electron chi connectivity index (χ2n) is 11.3. The first-order valence-electron chi connectivity index (χ1n) is 13.5. The summed E-state index contributed by atoms with van der Waals surface area (Å²) in [5, 5.41) is 3.98. The van der Waals surface area contributed by atoms with Gasteiger partial charge in [0.05, 0.1) is 23.9 Å². The van der Waals surface area contributed by atoms with Crippen LogP contribution in [0.1, 0.15) is 71.0 Å². The maximum Gasteiger partial charge on any atom is 0.338 e. The molecule has 0 radical (unpaired) electrons. The van der Waals surface area contributed by atoms with Crippen molar-refractivity contribution in [3.05, 3.63) is 71.3 Å². The molecule has 2 aliphatic rings. The van der Waals surface area contributed by atoms with Gasteiger partial charge in [-0.15, -0.1) is 0 Å². The number of thioether (sulfide) groups is 1. The number of amides is 1. The van der Waals surface area contributed by atoms with Crippen LogP contribution in [0.25, 0.3) is 5.70 Å². The fourth-order valence-corrected chi connectivity index (χ4v) is 6.30. The van der Waals surface area contributed by atoms with Crippen molar-refractivity contribution in [1.82, 2.24) is 4.90 Å². The van der Waals surface area contributed by atoms with Crippen LogP contribution in [0.15, 0.2) is 65.2 Å². The first-order valence-corrected chi connectivity index (χ1v) is 14.5. The number of nitrogens with zero attached hydrogens (tertiary/aromatic N) is 2. The zero-order valence-corrected chi connectivity index (χ0v) is 23.9. The van der Waals surface area contributed by atoms with Crippen LogP contribution >= 0.6 is 11.8 Å². The first kappa shape index (κ1) is 28.0. The molecule has 2 aromatic rings. The van der Waals surface area contributed by atoms with E-state index in [4.69, 9.17) is 9.73 Å². The summed E-state index contributed by atoms with van der Waals surface area (Å²) in [5.74, 6) is 0.976. The molecule has 0 aromatic heterocycles. The summed E-state index contributed by atoms with van der Waals surface area (Å²) in [6.45, 7) is 11.6. The molecule has 1 amide bonds. The summed E-state index contributed by atoms with van der Waals surface area (Å²) < 4.78 is 5.56. The molecule has 2 atom stereocenters. The molecule has 2 unspecified atom stereocenters.